The van der Waals surface area contributed by atoms with Crippen LogP contribution in [0.4, 0.5) is 11.4 Å². The van der Waals surface area contributed by atoms with Crippen molar-refractivity contribution < 1.29 is 9.59 Å². The Hall–Kier alpha value is -2.93. The molecule has 120 valence electrons. The van der Waals surface area contributed by atoms with Crippen LogP contribution >= 0.6 is 12.2 Å². The van der Waals surface area contributed by atoms with Crippen LogP contribution in [0.1, 0.15) is 5.56 Å². The molecule has 1 aliphatic heterocycles. The molecule has 0 spiro atoms. The first-order valence-electron chi connectivity index (χ1n) is 7.26. The van der Waals surface area contributed by atoms with Gasteiger partial charge < -0.3 is 5.32 Å². The fraction of sp³-hybridized carbons (Fsp3) is 0.118. The van der Waals surface area contributed by atoms with E-state index < -0.39 is 17.7 Å². The molecule has 1 aromatic heterocycles. The molecule has 1 aliphatic rings. The van der Waals surface area contributed by atoms with Crippen molar-refractivity contribution in [3.05, 3.63) is 54.4 Å². The van der Waals surface area contributed by atoms with Gasteiger partial charge in [0.15, 0.2) is 11.0 Å². The highest BCUT2D eigenvalue weighted by Gasteiger charge is 2.38. The lowest BCUT2D eigenvalue weighted by molar-refractivity contribution is -0.130. The van der Waals surface area contributed by atoms with Gasteiger partial charge in [0.25, 0.3) is 5.91 Å². The fourth-order valence-electron chi connectivity index (χ4n) is 2.25. The second-order valence-electron chi connectivity index (χ2n) is 5.27. The van der Waals surface area contributed by atoms with Crippen molar-refractivity contribution in [1.82, 2.24) is 10.3 Å². The number of aromatic nitrogens is 1. The third-order valence-corrected chi connectivity index (χ3v) is 3.80. The number of thiocarbonyl (C=S) groups is 1. The molecule has 1 aromatic carbocycles. The van der Waals surface area contributed by atoms with Crippen molar-refractivity contribution in [2.75, 3.05) is 4.90 Å². The minimum atomic E-state index is -1.04. The van der Waals surface area contributed by atoms with Gasteiger partial charge in [-0.1, -0.05) is 17.7 Å². The maximum absolute atomic E-state index is 12.7. The van der Waals surface area contributed by atoms with Crippen LogP contribution in [-0.2, 0) is 9.59 Å². The van der Waals surface area contributed by atoms with Crippen LogP contribution < -0.4 is 10.2 Å². The molecular weight excluding hydrogens is 324 g/mol. The Balaban J connectivity index is 1.88. The van der Waals surface area contributed by atoms with Gasteiger partial charge in [0, 0.05) is 12.4 Å². The van der Waals surface area contributed by atoms with Crippen molar-refractivity contribution in [2.45, 2.75) is 6.92 Å². The number of benzene rings is 1. The number of nitrogens with one attached hydrogen (secondary N) is 1. The van der Waals surface area contributed by atoms with E-state index in [4.69, 9.17) is 12.2 Å². The van der Waals surface area contributed by atoms with Gasteiger partial charge in [0.1, 0.15) is 0 Å². The predicted molar refractivity (Wildman–Crippen MR) is 95.3 cm³/mol. The number of rotatable bonds is 3. The highest BCUT2D eigenvalue weighted by atomic mass is 32.1. The second kappa shape index (κ2) is 6.67. The number of aliphatic imine (C=N–C) groups is 1. The lowest BCUT2D eigenvalue weighted by atomic mass is 10.1. The number of carbonyl (C=O) groups excluding carboxylic acids is 2. The third kappa shape index (κ3) is 3.21. The summed E-state index contributed by atoms with van der Waals surface area (Å²) >= 11 is 5.15. The normalized spacial score (nSPS) is 18.1. The number of carbonyl (C=O) groups is 2. The number of hydrogen-bond acceptors (Lipinski definition) is 5. The van der Waals surface area contributed by atoms with E-state index >= 15 is 0 Å². The molecule has 0 radical (unpaired) electrons. The molecule has 7 heteroatoms. The van der Waals surface area contributed by atoms with E-state index in [2.05, 4.69) is 15.3 Å². The zero-order valence-corrected chi connectivity index (χ0v) is 13.7. The van der Waals surface area contributed by atoms with E-state index in [1.165, 1.54) is 11.1 Å². The second-order valence-corrected chi connectivity index (χ2v) is 5.66. The van der Waals surface area contributed by atoms with Crippen LogP contribution in [0, 0.1) is 12.8 Å². The zero-order chi connectivity index (χ0) is 17.1. The number of anilines is 1. The molecule has 24 heavy (non-hydrogen) atoms. The van der Waals surface area contributed by atoms with E-state index in [-0.39, 0.29) is 5.11 Å². The van der Waals surface area contributed by atoms with E-state index in [1.54, 1.807) is 36.7 Å². The van der Waals surface area contributed by atoms with E-state index in [1.807, 2.05) is 19.1 Å². The Kier molecular flexibility index (Phi) is 4.43. The van der Waals surface area contributed by atoms with Gasteiger partial charge in [-0.15, -0.1) is 0 Å². The van der Waals surface area contributed by atoms with Crippen LogP contribution in [0.15, 0.2) is 53.8 Å². The lowest BCUT2D eigenvalue weighted by Crippen LogP contribution is -2.58. The Morgan fingerprint density at radius 1 is 1.25 bits per heavy atom. The van der Waals surface area contributed by atoms with E-state index in [0.29, 0.717) is 11.4 Å². The Labute approximate surface area is 144 Å². The molecule has 1 fully saturated rings. The van der Waals surface area contributed by atoms with Crippen LogP contribution in [0.25, 0.3) is 0 Å². The molecule has 0 aliphatic carbocycles. The van der Waals surface area contributed by atoms with Gasteiger partial charge in [-0.2, -0.15) is 0 Å². The first-order chi connectivity index (χ1) is 11.6. The predicted octanol–water partition coefficient (Wildman–Crippen LogP) is 2.16. The molecule has 0 unspecified atom stereocenters. The first kappa shape index (κ1) is 15.9. The summed E-state index contributed by atoms with van der Waals surface area (Å²) in [7, 11) is 0. The summed E-state index contributed by atoms with van der Waals surface area (Å²) in [6.45, 7) is 1.95. The standard InChI is InChI=1S/C17H14N4O2S/c1-11-4-6-13(7-5-11)21-16(23)14(15(22)20-17(21)24)10-19-12-3-2-8-18-9-12/h2-10,14H,1H3,(H,20,22,24)/t14-/m1/s1. The number of hydrogen-bond donors (Lipinski definition) is 1. The highest BCUT2D eigenvalue weighted by molar-refractivity contribution is 7.80. The monoisotopic (exact) mass is 338 g/mol. The summed E-state index contributed by atoms with van der Waals surface area (Å²) in [5, 5.41) is 2.62. The molecule has 1 saturated heterocycles. The summed E-state index contributed by atoms with van der Waals surface area (Å²) in [6, 6.07) is 10.8. The van der Waals surface area contributed by atoms with Crippen molar-refractivity contribution in [1.29, 1.82) is 0 Å². The Morgan fingerprint density at radius 2 is 2.00 bits per heavy atom. The van der Waals surface area contributed by atoms with E-state index in [0.717, 1.165) is 5.56 Å². The summed E-state index contributed by atoms with van der Waals surface area (Å²) in [5.41, 5.74) is 2.23. The largest absolute Gasteiger partial charge is 0.301 e. The molecular formula is C17H14N4O2S. The maximum Gasteiger partial charge on any atom is 0.251 e. The summed E-state index contributed by atoms with van der Waals surface area (Å²) in [6.07, 6.45) is 4.48. The molecule has 2 amide bonds. The maximum atomic E-state index is 12.7. The summed E-state index contributed by atoms with van der Waals surface area (Å²) < 4.78 is 0. The summed E-state index contributed by atoms with van der Waals surface area (Å²) in [5.74, 6) is -1.96. The van der Waals surface area contributed by atoms with Crippen LogP contribution in [-0.4, -0.2) is 28.1 Å². The van der Waals surface area contributed by atoms with Crippen LogP contribution in [0.3, 0.4) is 0 Å². The summed E-state index contributed by atoms with van der Waals surface area (Å²) in [4.78, 5) is 34.3. The number of nitrogens with zero attached hydrogens (tertiary/aromatic N) is 3. The average Bonchev–Trinajstić information content (AvgIpc) is 2.57. The van der Waals surface area contributed by atoms with Gasteiger partial charge in [-0.05, 0) is 43.4 Å². The molecule has 3 rings (SSSR count). The first-order valence-corrected chi connectivity index (χ1v) is 7.67. The fourth-order valence-corrected chi connectivity index (χ4v) is 2.55. The Bertz CT molecular complexity index is 818. The average molecular weight is 338 g/mol. The van der Waals surface area contributed by atoms with Crippen molar-refractivity contribution in [2.24, 2.45) is 10.9 Å². The van der Waals surface area contributed by atoms with Gasteiger partial charge in [0.2, 0.25) is 5.91 Å². The van der Waals surface area contributed by atoms with Crippen molar-refractivity contribution in [3.63, 3.8) is 0 Å². The van der Waals surface area contributed by atoms with Gasteiger partial charge in [-0.3, -0.25) is 24.5 Å². The SMILES string of the molecule is Cc1ccc(N2C(=O)[C@H](C=Nc3cccnc3)C(=O)NC2=S)cc1. The van der Waals surface area contributed by atoms with Crippen LogP contribution in [0.2, 0.25) is 0 Å². The van der Waals surface area contributed by atoms with Crippen LogP contribution in [0.5, 0.6) is 0 Å². The zero-order valence-electron chi connectivity index (χ0n) is 12.8. The molecule has 2 aromatic rings. The van der Waals surface area contributed by atoms with Crippen molar-refractivity contribution >= 4 is 46.7 Å². The quantitative estimate of drug-likeness (QED) is 0.529. The molecule has 1 atom stereocenters. The molecule has 1 N–H and O–H groups in total. The van der Waals surface area contributed by atoms with Gasteiger partial charge >= 0.3 is 0 Å². The minimum absolute atomic E-state index is 0.0693. The number of pyridine rings is 1. The highest BCUT2D eigenvalue weighted by Crippen LogP contribution is 2.21. The van der Waals surface area contributed by atoms with Crippen molar-refractivity contribution in [3.8, 4) is 0 Å². The minimum Gasteiger partial charge on any atom is -0.301 e. The number of amides is 2. The molecule has 6 nitrogen and oxygen atoms in total. The topological polar surface area (TPSA) is 74.7 Å². The third-order valence-electron chi connectivity index (χ3n) is 3.51. The smallest absolute Gasteiger partial charge is 0.251 e. The molecule has 2 heterocycles. The Morgan fingerprint density at radius 3 is 2.67 bits per heavy atom. The molecule has 0 bridgehead atoms. The molecule has 0 saturated carbocycles. The van der Waals surface area contributed by atoms with Gasteiger partial charge in [0.05, 0.1) is 17.6 Å². The lowest BCUT2D eigenvalue weighted by Gasteiger charge is -2.30. The van der Waals surface area contributed by atoms with Gasteiger partial charge in [-0.25, -0.2) is 0 Å². The van der Waals surface area contributed by atoms with E-state index in [9.17, 15) is 9.59 Å². The number of aryl methyl sites for hydroxylation is 1.